The lowest BCUT2D eigenvalue weighted by molar-refractivity contribution is -0.144. The van der Waals surface area contributed by atoms with Crippen molar-refractivity contribution in [3.8, 4) is 0 Å². The van der Waals surface area contributed by atoms with Crippen LogP contribution in [0.1, 0.15) is 52.4 Å². The SMILES string of the molecule is C=CC(CCCCCCC)OC(C)=O. The van der Waals surface area contributed by atoms with Crippen molar-refractivity contribution in [1.29, 1.82) is 0 Å². The van der Waals surface area contributed by atoms with Crippen LogP contribution >= 0.6 is 0 Å². The van der Waals surface area contributed by atoms with E-state index in [4.69, 9.17) is 4.74 Å². The van der Waals surface area contributed by atoms with E-state index in [-0.39, 0.29) is 12.1 Å². The monoisotopic (exact) mass is 198 g/mol. The average Bonchev–Trinajstić information content (AvgIpc) is 2.15. The van der Waals surface area contributed by atoms with E-state index in [1.165, 1.54) is 32.6 Å². The number of ether oxygens (including phenoxy) is 1. The maximum Gasteiger partial charge on any atom is 0.303 e. The Morgan fingerprint density at radius 1 is 1.36 bits per heavy atom. The third kappa shape index (κ3) is 7.84. The fraction of sp³-hybridized carbons (Fsp3) is 0.750. The summed E-state index contributed by atoms with van der Waals surface area (Å²) >= 11 is 0. The first-order chi connectivity index (χ1) is 6.70. The van der Waals surface area contributed by atoms with Gasteiger partial charge < -0.3 is 4.74 Å². The molecule has 0 heterocycles. The predicted octanol–water partition coefficient (Wildman–Crippen LogP) is 3.46. The quantitative estimate of drug-likeness (QED) is 0.339. The summed E-state index contributed by atoms with van der Waals surface area (Å²) < 4.78 is 5.05. The van der Waals surface area contributed by atoms with Gasteiger partial charge in [0.05, 0.1) is 0 Å². The number of hydrogen-bond acceptors (Lipinski definition) is 2. The molecule has 1 atom stereocenters. The summed E-state index contributed by atoms with van der Waals surface area (Å²) in [7, 11) is 0. The predicted molar refractivity (Wildman–Crippen MR) is 59.1 cm³/mol. The Kier molecular flexibility index (Phi) is 8.30. The van der Waals surface area contributed by atoms with Crippen LogP contribution in [0.5, 0.6) is 0 Å². The Hall–Kier alpha value is -0.790. The maximum atomic E-state index is 10.7. The molecule has 0 saturated heterocycles. The summed E-state index contributed by atoms with van der Waals surface area (Å²) in [6.45, 7) is 7.29. The molecule has 0 aliphatic rings. The zero-order valence-electron chi connectivity index (χ0n) is 9.42. The molecule has 0 fully saturated rings. The number of hydrogen-bond donors (Lipinski definition) is 0. The van der Waals surface area contributed by atoms with Gasteiger partial charge in [0, 0.05) is 6.92 Å². The summed E-state index contributed by atoms with van der Waals surface area (Å²) in [4.78, 5) is 10.7. The van der Waals surface area contributed by atoms with Gasteiger partial charge in [0.15, 0.2) is 0 Å². The second-order valence-corrected chi connectivity index (χ2v) is 3.59. The van der Waals surface area contributed by atoms with Crippen LogP contribution in [-0.4, -0.2) is 12.1 Å². The van der Waals surface area contributed by atoms with E-state index in [9.17, 15) is 4.79 Å². The minimum absolute atomic E-state index is 0.0888. The van der Waals surface area contributed by atoms with Crippen LogP contribution in [0.25, 0.3) is 0 Å². The molecule has 0 saturated carbocycles. The highest BCUT2D eigenvalue weighted by Crippen LogP contribution is 2.10. The van der Waals surface area contributed by atoms with Crippen molar-refractivity contribution in [3.63, 3.8) is 0 Å². The first kappa shape index (κ1) is 13.2. The van der Waals surface area contributed by atoms with Crippen LogP contribution in [0.4, 0.5) is 0 Å². The molecule has 0 aliphatic heterocycles. The largest absolute Gasteiger partial charge is 0.458 e. The fourth-order valence-corrected chi connectivity index (χ4v) is 1.39. The van der Waals surface area contributed by atoms with E-state index in [2.05, 4.69) is 13.5 Å². The Labute approximate surface area is 87.3 Å². The molecule has 0 aromatic rings. The van der Waals surface area contributed by atoms with Crippen molar-refractivity contribution in [3.05, 3.63) is 12.7 Å². The molecule has 0 radical (unpaired) electrons. The van der Waals surface area contributed by atoms with Crippen LogP contribution in [0.3, 0.4) is 0 Å². The normalized spacial score (nSPS) is 12.1. The maximum absolute atomic E-state index is 10.7. The van der Waals surface area contributed by atoms with Crippen molar-refractivity contribution in [1.82, 2.24) is 0 Å². The van der Waals surface area contributed by atoms with E-state index in [1.54, 1.807) is 6.08 Å². The number of unbranched alkanes of at least 4 members (excludes halogenated alkanes) is 4. The van der Waals surface area contributed by atoms with Crippen LogP contribution in [-0.2, 0) is 9.53 Å². The summed E-state index contributed by atoms with van der Waals surface area (Å²) in [6, 6.07) is 0. The molecule has 0 aromatic carbocycles. The molecule has 82 valence electrons. The lowest BCUT2D eigenvalue weighted by atomic mass is 10.1. The molecule has 2 heteroatoms. The van der Waals surface area contributed by atoms with Gasteiger partial charge in [-0.1, -0.05) is 45.3 Å². The number of rotatable bonds is 8. The van der Waals surface area contributed by atoms with Gasteiger partial charge in [0.2, 0.25) is 0 Å². The molecule has 2 nitrogen and oxygen atoms in total. The number of carbonyl (C=O) groups excluding carboxylic acids is 1. The topological polar surface area (TPSA) is 26.3 Å². The van der Waals surface area contributed by atoms with Crippen molar-refractivity contribution in [2.75, 3.05) is 0 Å². The lowest BCUT2D eigenvalue weighted by Crippen LogP contribution is -2.13. The first-order valence-electron chi connectivity index (χ1n) is 5.50. The van der Waals surface area contributed by atoms with Crippen LogP contribution in [0, 0.1) is 0 Å². The molecule has 0 amide bonds. The zero-order valence-corrected chi connectivity index (χ0v) is 9.42. The molecule has 0 bridgehead atoms. The van der Waals surface area contributed by atoms with Gasteiger partial charge in [0.25, 0.3) is 0 Å². The van der Waals surface area contributed by atoms with Gasteiger partial charge in [0.1, 0.15) is 6.10 Å². The van der Waals surface area contributed by atoms with E-state index < -0.39 is 0 Å². The highest BCUT2D eigenvalue weighted by atomic mass is 16.5. The molecule has 0 aromatic heterocycles. The molecule has 0 aliphatic carbocycles. The second-order valence-electron chi connectivity index (χ2n) is 3.59. The van der Waals surface area contributed by atoms with Crippen molar-refractivity contribution in [2.24, 2.45) is 0 Å². The van der Waals surface area contributed by atoms with E-state index in [0.717, 1.165) is 12.8 Å². The van der Waals surface area contributed by atoms with Gasteiger partial charge in [-0.25, -0.2) is 0 Å². The minimum atomic E-state index is -0.219. The van der Waals surface area contributed by atoms with E-state index in [1.807, 2.05) is 0 Å². The molecule has 0 rings (SSSR count). The Morgan fingerprint density at radius 2 is 2.00 bits per heavy atom. The fourth-order valence-electron chi connectivity index (χ4n) is 1.39. The van der Waals surface area contributed by atoms with E-state index >= 15 is 0 Å². The summed E-state index contributed by atoms with van der Waals surface area (Å²) in [5.41, 5.74) is 0. The highest BCUT2D eigenvalue weighted by molar-refractivity contribution is 5.66. The van der Waals surface area contributed by atoms with Gasteiger partial charge >= 0.3 is 5.97 Å². The average molecular weight is 198 g/mol. The van der Waals surface area contributed by atoms with Crippen molar-refractivity contribution >= 4 is 5.97 Å². The molecule has 14 heavy (non-hydrogen) atoms. The Bertz CT molecular complexity index is 164. The van der Waals surface area contributed by atoms with Gasteiger partial charge in [-0.05, 0) is 12.8 Å². The standard InChI is InChI=1S/C12H22O2/c1-4-6-7-8-9-10-12(5-2)14-11(3)13/h5,12H,2,4,6-10H2,1,3H3. The third-order valence-electron chi connectivity index (χ3n) is 2.17. The second kappa shape index (κ2) is 8.79. The highest BCUT2D eigenvalue weighted by Gasteiger charge is 2.06. The van der Waals surface area contributed by atoms with Crippen LogP contribution < -0.4 is 0 Å². The zero-order chi connectivity index (χ0) is 10.8. The van der Waals surface area contributed by atoms with Crippen molar-refractivity contribution in [2.45, 2.75) is 58.5 Å². The van der Waals surface area contributed by atoms with E-state index in [0.29, 0.717) is 0 Å². The smallest absolute Gasteiger partial charge is 0.303 e. The molecule has 1 unspecified atom stereocenters. The summed E-state index contributed by atoms with van der Waals surface area (Å²) in [6.07, 6.45) is 8.70. The molecular weight excluding hydrogens is 176 g/mol. The molecule has 0 N–H and O–H groups in total. The van der Waals surface area contributed by atoms with Crippen LogP contribution in [0.2, 0.25) is 0 Å². The molecular formula is C12H22O2. The van der Waals surface area contributed by atoms with Gasteiger partial charge in [-0.15, -0.1) is 0 Å². The van der Waals surface area contributed by atoms with Crippen molar-refractivity contribution < 1.29 is 9.53 Å². The Morgan fingerprint density at radius 3 is 2.50 bits per heavy atom. The van der Waals surface area contributed by atoms with Crippen LogP contribution in [0.15, 0.2) is 12.7 Å². The number of esters is 1. The summed E-state index contributed by atoms with van der Waals surface area (Å²) in [5, 5.41) is 0. The Balaban J connectivity index is 3.43. The third-order valence-corrected chi connectivity index (χ3v) is 2.17. The summed E-state index contributed by atoms with van der Waals surface area (Å²) in [5.74, 6) is -0.219. The number of carbonyl (C=O) groups is 1. The lowest BCUT2D eigenvalue weighted by Gasteiger charge is -2.11. The van der Waals surface area contributed by atoms with Gasteiger partial charge in [-0.3, -0.25) is 4.79 Å². The minimum Gasteiger partial charge on any atom is -0.458 e. The first-order valence-corrected chi connectivity index (χ1v) is 5.50. The van der Waals surface area contributed by atoms with Gasteiger partial charge in [-0.2, -0.15) is 0 Å². The molecule has 0 spiro atoms.